The number of aliphatic hydroxyl groups excluding tert-OH is 1. The lowest BCUT2D eigenvalue weighted by Crippen LogP contribution is -2.32. The van der Waals surface area contributed by atoms with Crippen molar-refractivity contribution in [1.82, 2.24) is 4.90 Å². The highest BCUT2D eigenvalue weighted by Gasteiger charge is 2.44. The molecule has 1 aliphatic rings. The molecule has 160 valence electrons. The third kappa shape index (κ3) is 3.80. The van der Waals surface area contributed by atoms with Crippen molar-refractivity contribution in [3.63, 3.8) is 0 Å². The lowest BCUT2D eigenvalue weighted by molar-refractivity contribution is -0.129. The zero-order chi connectivity index (χ0) is 22.0. The maximum Gasteiger partial charge on any atom is 0.290 e. The fourth-order valence-corrected chi connectivity index (χ4v) is 3.85. The Morgan fingerprint density at radius 3 is 2.55 bits per heavy atom. The van der Waals surface area contributed by atoms with Crippen LogP contribution in [-0.4, -0.2) is 49.1 Å². The summed E-state index contributed by atoms with van der Waals surface area (Å²) in [5, 5.41) is 11.5. The molecule has 0 bridgehead atoms. The molecule has 3 aromatic rings. The number of amides is 1. The Bertz CT molecular complexity index is 1110. The number of Topliss-reactive ketones (excluding diaryl/α,β-unsaturated/α-hetero) is 1. The van der Waals surface area contributed by atoms with Crippen molar-refractivity contribution in [2.24, 2.45) is 0 Å². The van der Waals surface area contributed by atoms with Crippen molar-refractivity contribution in [1.29, 1.82) is 0 Å². The summed E-state index contributed by atoms with van der Waals surface area (Å²) in [6.45, 7) is 0.775. The normalized spacial score (nSPS) is 16.4. The summed E-state index contributed by atoms with van der Waals surface area (Å²) in [4.78, 5) is 27.8. The number of methoxy groups -OCH3 is 2. The fourth-order valence-electron chi connectivity index (χ4n) is 3.85. The van der Waals surface area contributed by atoms with Gasteiger partial charge in [-0.25, -0.2) is 0 Å². The highest BCUT2D eigenvalue weighted by molar-refractivity contribution is 6.16. The van der Waals surface area contributed by atoms with E-state index in [9.17, 15) is 14.7 Å². The molecule has 0 aliphatic carbocycles. The molecule has 0 saturated heterocycles. The SMILES string of the molecule is COCCCN1C(=O)C(O)=C(C(=O)c2cc3ccccc3o2)[C@H]1c1ccc(OC)cc1. The number of fused-ring (bicyclic) bond motifs is 1. The van der Waals surface area contributed by atoms with Gasteiger partial charge in [-0.1, -0.05) is 30.3 Å². The summed E-state index contributed by atoms with van der Waals surface area (Å²) in [6.07, 6.45) is 0.564. The number of furan rings is 1. The number of benzene rings is 2. The van der Waals surface area contributed by atoms with Gasteiger partial charge in [-0.2, -0.15) is 0 Å². The number of carbonyl (C=O) groups is 2. The van der Waals surface area contributed by atoms with Crippen LogP contribution in [-0.2, 0) is 9.53 Å². The predicted molar refractivity (Wildman–Crippen MR) is 114 cm³/mol. The Balaban J connectivity index is 1.76. The largest absolute Gasteiger partial charge is 0.503 e. The van der Waals surface area contributed by atoms with Gasteiger partial charge in [0.1, 0.15) is 11.3 Å². The molecule has 1 aliphatic heterocycles. The van der Waals surface area contributed by atoms with Crippen molar-refractivity contribution >= 4 is 22.7 Å². The van der Waals surface area contributed by atoms with Crippen molar-refractivity contribution in [2.45, 2.75) is 12.5 Å². The van der Waals surface area contributed by atoms with Gasteiger partial charge in [0.2, 0.25) is 5.78 Å². The van der Waals surface area contributed by atoms with Crippen LogP contribution in [0.1, 0.15) is 28.6 Å². The molecule has 2 heterocycles. The van der Waals surface area contributed by atoms with Gasteiger partial charge in [0, 0.05) is 25.6 Å². The van der Waals surface area contributed by atoms with E-state index in [0.29, 0.717) is 36.5 Å². The van der Waals surface area contributed by atoms with E-state index in [1.165, 1.54) is 4.90 Å². The molecule has 7 nitrogen and oxygen atoms in total. The van der Waals surface area contributed by atoms with Crippen LogP contribution in [0.15, 0.2) is 70.3 Å². The highest BCUT2D eigenvalue weighted by Crippen LogP contribution is 2.40. The van der Waals surface area contributed by atoms with Gasteiger partial charge in [-0.3, -0.25) is 9.59 Å². The molecule has 0 spiro atoms. The minimum atomic E-state index is -0.740. The first kappa shape index (κ1) is 20.7. The number of carbonyl (C=O) groups excluding carboxylic acids is 2. The van der Waals surface area contributed by atoms with E-state index in [1.54, 1.807) is 50.6 Å². The molecule has 31 heavy (non-hydrogen) atoms. The molecule has 1 aromatic heterocycles. The minimum absolute atomic E-state index is 0.00615. The number of hydrogen-bond donors (Lipinski definition) is 1. The Labute approximate surface area is 179 Å². The molecule has 2 aromatic carbocycles. The average Bonchev–Trinajstić information content (AvgIpc) is 3.34. The summed E-state index contributed by atoms with van der Waals surface area (Å²) < 4.78 is 16.0. The van der Waals surface area contributed by atoms with Crippen molar-refractivity contribution < 1.29 is 28.6 Å². The van der Waals surface area contributed by atoms with Gasteiger partial charge in [0.05, 0.1) is 18.7 Å². The number of hydrogen-bond acceptors (Lipinski definition) is 6. The number of ether oxygens (including phenoxy) is 2. The second-order valence-corrected chi connectivity index (χ2v) is 7.26. The molecule has 0 fully saturated rings. The maximum absolute atomic E-state index is 13.4. The topological polar surface area (TPSA) is 89.2 Å². The van der Waals surface area contributed by atoms with E-state index >= 15 is 0 Å². The van der Waals surface area contributed by atoms with Crippen LogP contribution >= 0.6 is 0 Å². The van der Waals surface area contributed by atoms with E-state index in [2.05, 4.69) is 0 Å². The number of nitrogens with zero attached hydrogens (tertiary/aromatic N) is 1. The van der Waals surface area contributed by atoms with E-state index < -0.39 is 23.5 Å². The quantitative estimate of drug-likeness (QED) is 0.436. The molecule has 0 unspecified atom stereocenters. The summed E-state index contributed by atoms with van der Waals surface area (Å²) in [5.41, 5.74) is 1.26. The first-order valence-electron chi connectivity index (χ1n) is 9.95. The van der Waals surface area contributed by atoms with Gasteiger partial charge in [-0.15, -0.1) is 0 Å². The zero-order valence-electron chi connectivity index (χ0n) is 17.3. The third-order valence-corrected chi connectivity index (χ3v) is 5.38. The van der Waals surface area contributed by atoms with Crippen LogP contribution in [0.25, 0.3) is 11.0 Å². The van der Waals surface area contributed by atoms with Crippen molar-refractivity contribution in [3.05, 3.63) is 77.3 Å². The average molecular weight is 421 g/mol. The Morgan fingerprint density at radius 1 is 1.13 bits per heavy atom. The molecule has 4 rings (SSSR count). The standard InChI is InChI=1S/C24H23NO6/c1-29-13-5-12-25-21(15-8-10-17(30-2)11-9-15)20(23(27)24(25)28)22(26)19-14-16-6-3-4-7-18(16)31-19/h3-4,6-11,14,21,27H,5,12-13H2,1-2H3/t21-/m1/s1. The lowest BCUT2D eigenvalue weighted by Gasteiger charge is -2.26. The van der Waals surface area contributed by atoms with E-state index in [0.717, 1.165) is 5.39 Å². The second kappa shape index (κ2) is 8.65. The third-order valence-electron chi connectivity index (χ3n) is 5.38. The van der Waals surface area contributed by atoms with Crippen molar-refractivity contribution in [3.8, 4) is 5.75 Å². The summed E-state index contributed by atoms with van der Waals surface area (Å²) in [6, 6.07) is 15.2. The van der Waals surface area contributed by atoms with Gasteiger partial charge in [-0.05, 0) is 36.2 Å². The summed E-state index contributed by atoms with van der Waals surface area (Å²) >= 11 is 0. The maximum atomic E-state index is 13.4. The zero-order valence-corrected chi connectivity index (χ0v) is 17.3. The molecule has 0 radical (unpaired) electrons. The van der Waals surface area contributed by atoms with Crippen LogP contribution in [0.3, 0.4) is 0 Å². The smallest absolute Gasteiger partial charge is 0.290 e. The first-order chi connectivity index (χ1) is 15.0. The molecule has 0 saturated carbocycles. The van der Waals surface area contributed by atoms with Gasteiger partial charge in [0.15, 0.2) is 11.5 Å². The lowest BCUT2D eigenvalue weighted by atomic mass is 9.95. The number of ketones is 1. The first-order valence-corrected chi connectivity index (χ1v) is 9.95. The van der Waals surface area contributed by atoms with Crippen LogP contribution in [0, 0.1) is 0 Å². The Morgan fingerprint density at radius 2 is 1.87 bits per heavy atom. The van der Waals surface area contributed by atoms with E-state index in [1.807, 2.05) is 18.2 Å². The number of rotatable bonds is 8. The van der Waals surface area contributed by atoms with E-state index in [-0.39, 0.29) is 11.3 Å². The molecule has 1 N–H and O–H groups in total. The number of aliphatic hydroxyl groups is 1. The van der Waals surface area contributed by atoms with E-state index in [4.69, 9.17) is 13.9 Å². The Hall–Kier alpha value is -3.58. The van der Waals surface area contributed by atoms with Gasteiger partial charge < -0.3 is 23.9 Å². The minimum Gasteiger partial charge on any atom is -0.503 e. The summed E-state index contributed by atoms with van der Waals surface area (Å²) in [7, 11) is 3.15. The Kier molecular flexibility index (Phi) is 5.77. The monoisotopic (exact) mass is 421 g/mol. The summed E-state index contributed by atoms with van der Waals surface area (Å²) in [5.74, 6) is -0.928. The van der Waals surface area contributed by atoms with Crippen molar-refractivity contribution in [2.75, 3.05) is 27.4 Å². The molecule has 7 heteroatoms. The highest BCUT2D eigenvalue weighted by atomic mass is 16.5. The molecule has 1 amide bonds. The fraction of sp³-hybridized carbons (Fsp3) is 0.250. The van der Waals surface area contributed by atoms with Crippen LogP contribution < -0.4 is 4.74 Å². The predicted octanol–water partition coefficient (Wildman–Crippen LogP) is 4.06. The molecular weight excluding hydrogens is 398 g/mol. The van der Waals surface area contributed by atoms with Gasteiger partial charge in [0.25, 0.3) is 5.91 Å². The van der Waals surface area contributed by atoms with Crippen LogP contribution in [0.2, 0.25) is 0 Å². The second-order valence-electron chi connectivity index (χ2n) is 7.26. The molecule has 1 atom stereocenters. The molecular formula is C24H23NO6. The van der Waals surface area contributed by atoms with Crippen LogP contribution in [0.5, 0.6) is 5.75 Å². The van der Waals surface area contributed by atoms with Crippen LogP contribution in [0.4, 0.5) is 0 Å². The number of para-hydroxylation sites is 1. The van der Waals surface area contributed by atoms with Gasteiger partial charge >= 0.3 is 0 Å².